The second kappa shape index (κ2) is 6.80. The first kappa shape index (κ1) is 14.4. The number of aliphatic hydroxyl groups is 1. The van der Waals surface area contributed by atoms with Crippen LogP contribution in [0.4, 0.5) is 0 Å². The Morgan fingerprint density at radius 1 is 1.40 bits per heavy atom. The summed E-state index contributed by atoms with van der Waals surface area (Å²) >= 11 is 0. The maximum absolute atomic E-state index is 11.2. The number of carbonyl (C=O) groups is 1. The first-order chi connectivity index (χ1) is 7.03. The quantitative estimate of drug-likeness (QED) is 0.585. The highest BCUT2D eigenvalue weighted by molar-refractivity contribution is 5.76. The largest absolute Gasteiger partial charge is 0.394 e. The van der Waals surface area contributed by atoms with Gasteiger partial charge in [0.15, 0.2) is 0 Å². The van der Waals surface area contributed by atoms with Crippen molar-refractivity contribution in [3.8, 4) is 0 Å². The van der Waals surface area contributed by atoms with Gasteiger partial charge < -0.3 is 15.7 Å². The van der Waals surface area contributed by atoms with Crippen LogP contribution in [0.15, 0.2) is 0 Å². The van der Waals surface area contributed by atoms with E-state index in [1.807, 2.05) is 20.8 Å². The molecular weight excluding hydrogens is 192 g/mol. The topological polar surface area (TPSA) is 61.4 Å². The lowest BCUT2D eigenvalue weighted by Gasteiger charge is -2.34. The number of nitrogens with one attached hydrogen (secondary N) is 2. The molecule has 0 aliphatic carbocycles. The molecule has 0 bridgehead atoms. The summed E-state index contributed by atoms with van der Waals surface area (Å²) in [5.41, 5.74) is -0.243. The SMILES string of the molecule is CCC(CC)(CO)NC(C)CC(=O)NC. The molecule has 0 aliphatic rings. The molecule has 0 heterocycles. The van der Waals surface area contributed by atoms with Gasteiger partial charge in [-0.15, -0.1) is 0 Å². The fourth-order valence-electron chi connectivity index (χ4n) is 1.68. The predicted octanol–water partition coefficient (Wildman–Crippen LogP) is 0.652. The molecule has 90 valence electrons. The minimum Gasteiger partial charge on any atom is -0.394 e. The van der Waals surface area contributed by atoms with Crippen LogP contribution in [0.2, 0.25) is 0 Å². The Labute approximate surface area is 92.4 Å². The second-order valence-corrected chi connectivity index (χ2v) is 4.07. The molecule has 0 aromatic heterocycles. The van der Waals surface area contributed by atoms with Crippen LogP contribution in [0.1, 0.15) is 40.0 Å². The lowest BCUT2D eigenvalue weighted by molar-refractivity contribution is -0.121. The van der Waals surface area contributed by atoms with Crippen molar-refractivity contribution in [3.63, 3.8) is 0 Å². The Hall–Kier alpha value is -0.610. The Bertz CT molecular complexity index is 183. The van der Waals surface area contributed by atoms with Crippen LogP contribution in [0, 0.1) is 0 Å². The van der Waals surface area contributed by atoms with Crippen LogP contribution in [-0.4, -0.2) is 36.2 Å². The molecule has 4 nitrogen and oxygen atoms in total. The highest BCUT2D eigenvalue weighted by Gasteiger charge is 2.26. The summed E-state index contributed by atoms with van der Waals surface area (Å²) in [4.78, 5) is 11.2. The molecule has 0 saturated heterocycles. The standard InChI is InChI=1S/C11H24N2O2/c1-5-11(6-2,8-14)13-9(3)7-10(15)12-4/h9,13-14H,5-8H2,1-4H3,(H,12,15). The molecule has 1 unspecified atom stereocenters. The van der Waals surface area contributed by atoms with E-state index in [0.717, 1.165) is 12.8 Å². The van der Waals surface area contributed by atoms with Gasteiger partial charge in [-0.05, 0) is 19.8 Å². The van der Waals surface area contributed by atoms with Gasteiger partial charge >= 0.3 is 0 Å². The van der Waals surface area contributed by atoms with Crippen molar-refractivity contribution in [1.29, 1.82) is 0 Å². The van der Waals surface area contributed by atoms with Gasteiger partial charge in [0.05, 0.1) is 6.61 Å². The number of rotatable bonds is 7. The fourth-order valence-corrected chi connectivity index (χ4v) is 1.68. The van der Waals surface area contributed by atoms with Gasteiger partial charge in [-0.3, -0.25) is 4.79 Å². The lowest BCUT2D eigenvalue weighted by Crippen LogP contribution is -2.52. The molecule has 0 fully saturated rings. The molecule has 15 heavy (non-hydrogen) atoms. The molecular formula is C11H24N2O2. The van der Waals surface area contributed by atoms with Crippen molar-refractivity contribution in [2.24, 2.45) is 0 Å². The average Bonchev–Trinajstić information content (AvgIpc) is 2.26. The fraction of sp³-hybridized carbons (Fsp3) is 0.909. The first-order valence-electron chi connectivity index (χ1n) is 5.62. The van der Waals surface area contributed by atoms with E-state index in [4.69, 9.17) is 0 Å². The molecule has 0 radical (unpaired) electrons. The van der Waals surface area contributed by atoms with Gasteiger partial charge in [-0.1, -0.05) is 13.8 Å². The van der Waals surface area contributed by atoms with Crippen LogP contribution in [0.25, 0.3) is 0 Å². The molecule has 4 heteroatoms. The second-order valence-electron chi connectivity index (χ2n) is 4.07. The van der Waals surface area contributed by atoms with E-state index in [0.29, 0.717) is 6.42 Å². The average molecular weight is 216 g/mol. The van der Waals surface area contributed by atoms with Gasteiger partial charge in [0, 0.05) is 25.0 Å². The minimum atomic E-state index is -0.243. The zero-order chi connectivity index (χ0) is 11.9. The van der Waals surface area contributed by atoms with Gasteiger partial charge in [0.1, 0.15) is 0 Å². The van der Waals surface area contributed by atoms with Crippen molar-refractivity contribution in [1.82, 2.24) is 10.6 Å². The Kier molecular flexibility index (Phi) is 6.52. The normalized spacial score (nSPS) is 13.7. The maximum Gasteiger partial charge on any atom is 0.221 e. The summed E-state index contributed by atoms with van der Waals surface area (Å²) in [6.07, 6.45) is 2.16. The molecule has 0 rings (SSSR count). The molecule has 1 amide bonds. The Morgan fingerprint density at radius 2 is 1.93 bits per heavy atom. The maximum atomic E-state index is 11.2. The molecule has 0 aromatic carbocycles. The summed E-state index contributed by atoms with van der Waals surface area (Å²) in [5.74, 6) is 0.0223. The van der Waals surface area contributed by atoms with E-state index in [1.165, 1.54) is 0 Å². The van der Waals surface area contributed by atoms with E-state index in [1.54, 1.807) is 7.05 Å². The molecule has 0 aromatic rings. The summed E-state index contributed by atoms with van der Waals surface area (Å²) in [6.45, 7) is 6.15. The number of hydrogen-bond acceptors (Lipinski definition) is 3. The monoisotopic (exact) mass is 216 g/mol. The highest BCUT2D eigenvalue weighted by atomic mass is 16.3. The first-order valence-corrected chi connectivity index (χ1v) is 5.62. The van der Waals surface area contributed by atoms with Crippen LogP contribution in [0.3, 0.4) is 0 Å². The van der Waals surface area contributed by atoms with Gasteiger partial charge in [0.2, 0.25) is 5.91 Å². The molecule has 3 N–H and O–H groups in total. The molecule has 0 spiro atoms. The van der Waals surface area contributed by atoms with Crippen molar-refractivity contribution >= 4 is 5.91 Å². The van der Waals surface area contributed by atoms with Gasteiger partial charge in [-0.2, -0.15) is 0 Å². The predicted molar refractivity (Wildman–Crippen MR) is 61.7 cm³/mol. The van der Waals surface area contributed by atoms with Gasteiger partial charge in [-0.25, -0.2) is 0 Å². The third kappa shape index (κ3) is 4.62. The summed E-state index contributed by atoms with van der Waals surface area (Å²) in [7, 11) is 1.63. The van der Waals surface area contributed by atoms with E-state index < -0.39 is 0 Å². The van der Waals surface area contributed by atoms with Crippen LogP contribution in [-0.2, 0) is 4.79 Å². The number of aliphatic hydroxyl groups excluding tert-OH is 1. The lowest BCUT2D eigenvalue weighted by atomic mass is 9.92. The summed E-state index contributed by atoms with van der Waals surface area (Å²) in [6, 6.07) is 0.0806. The van der Waals surface area contributed by atoms with Crippen molar-refractivity contribution < 1.29 is 9.90 Å². The van der Waals surface area contributed by atoms with Crippen molar-refractivity contribution in [2.45, 2.75) is 51.6 Å². The summed E-state index contributed by atoms with van der Waals surface area (Å²) in [5, 5.41) is 15.3. The van der Waals surface area contributed by atoms with E-state index in [9.17, 15) is 9.90 Å². The third-order valence-electron chi connectivity index (χ3n) is 2.98. The molecule has 0 aliphatic heterocycles. The van der Waals surface area contributed by atoms with E-state index >= 15 is 0 Å². The van der Waals surface area contributed by atoms with Gasteiger partial charge in [0.25, 0.3) is 0 Å². The van der Waals surface area contributed by atoms with Crippen LogP contribution >= 0.6 is 0 Å². The summed E-state index contributed by atoms with van der Waals surface area (Å²) < 4.78 is 0. The minimum absolute atomic E-state index is 0.0223. The smallest absolute Gasteiger partial charge is 0.221 e. The zero-order valence-corrected chi connectivity index (χ0v) is 10.3. The number of amides is 1. The molecule has 1 atom stereocenters. The van der Waals surface area contributed by atoms with E-state index in [2.05, 4.69) is 10.6 Å². The zero-order valence-electron chi connectivity index (χ0n) is 10.3. The Balaban J connectivity index is 4.22. The Morgan fingerprint density at radius 3 is 2.27 bits per heavy atom. The molecule has 0 saturated carbocycles. The van der Waals surface area contributed by atoms with E-state index in [-0.39, 0.29) is 24.1 Å². The van der Waals surface area contributed by atoms with Crippen molar-refractivity contribution in [3.05, 3.63) is 0 Å². The van der Waals surface area contributed by atoms with Crippen LogP contribution in [0.5, 0.6) is 0 Å². The van der Waals surface area contributed by atoms with Crippen LogP contribution < -0.4 is 10.6 Å². The number of hydrogen-bond donors (Lipinski definition) is 3. The third-order valence-corrected chi connectivity index (χ3v) is 2.98. The number of carbonyl (C=O) groups excluding carboxylic acids is 1. The van der Waals surface area contributed by atoms with Crippen molar-refractivity contribution in [2.75, 3.05) is 13.7 Å². The highest BCUT2D eigenvalue weighted by Crippen LogP contribution is 2.15.